The normalized spacial score (nSPS) is 21.1. The number of hydrogen-bond donors (Lipinski definition) is 0. The van der Waals surface area contributed by atoms with Gasteiger partial charge in [0, 0.05) is 12.4 Å². The number of esters is 2. The molecule has 0 radical (unpaired) electrons. The molecule has 1 atom stereocenters. The molecule has 0 amide bonds. The van der Waals surface area contributed by atoms with Gasteiger partial charge in [0.2, 0.25) is 0 Å². The van der Waals surface area contributed by atoms with Gasteiger partial charge in [0.1, 0.15) is 11.7 Å². The molecule has 1 aliphatic heterocycles. The maximum atomic E-state index is 11.1. The van der Waals surface area contributed by atoms with Gasteiger partial charge in [-0.15, -0.1) is 0 Å². The van der Waals surface area contributed by atoms with Crippen LogP contribution in [0.4, 0.5) is 0 Å². The second-order valence-corrected chi connectivity index (χ2v) is 3.72. The predicted octanol–water partition coefficient (Wildman–Crippen LogP) is 0.796. The first-order valence-corrected chi connectivity index (χ1v) is 4.68. The van der Waals surface area contributed by atoms with Crippen LogP contribution in [0.5, 0.6) is 0 Å². The van der Waals surface area contributed by atoms with E-state index in [2.05, 4.69) is 30.6 Å². The number of nitrogens with zero attached hydrogens (tertiary/aromatic N) is 2. The van der Waals surface area contributed by atoms with E-state index >= 15 is 0 Å². The third kappa shape index (κ3) is 1.65. The zero-order valence-corrected chi connectivity index (χ0v) is 8.52. The minimum Gasteiger partial charge on any atom is -0.393 e. The van der Waals surface area contributed by atoms with E-state index in [1.165, 1.54) is 12.4 Å². The first kappa shape index (κ1) is 9.26. The summed E-state index contributed by atoms with van der Waals surface area (Å²) in [5.41, 5.74) is 0. The third-order valence-corrected chi connectivity index (χ3v) is 2.23. The molecule has 0 bridgehead atoms. The van der Waals surface area contributed by atoms with E-state index in [4.69, 9.17) is 0 Å². The SMILES string of the molecule is O=C1CC(c2ncc(Br)cn2)C(=O)O1. The fourth-order valence-electron chi connectivity index (χ4n) is 1.17. The maximum absolute atomic E-state index is 11.1. The van der Waals surface area contributed by atoms with E-state index in [-0.39, 0.29) is 6.42 Å². The number of carbonyl (C=O) groups is 2. The summed E-state index contributed by atoms with van der Waals surface area (Å²) in [6, 6.07) is 0. The Kier molecular flexibility index (Phi) is 2.28. The standard InChI is InChI=1S/C8H5BrN2O3/c9-4-2-10-7(11-3-4)5-1-6(12)14-8(5)13/h2-3,5H,1H2. The highest BCUT2D eigenvalue weighted by Gasteiger charge is 2.36. The zero-order chi connectivity index (χ0) is 10.1. The van der Waals surface area contributed by atoms with Crippen molar-refractivity contribution in [3.05, 3.63) is 22.7 Å². The van der Waals surface area contributed by atoms with Crippen LogP contribution in [0, 0.1) is 0 Å². The highest BCUT2D eigenvalue weighted by atomic mass is 79.9. The van der Waals surface area contributed by atoms with E-state index in [1.54, 1.807) is 0 Å². The lowest BCUT2D eigenvalue weighted by molar-refractivity contribution is -0.152. The smallest absolute Gasteiger partial charge is 0.324 e. The Morgan fingerprint density at radius 1 is 1.36 bits per heavy atom. The average Bonchev–Trinajstić information content (AvgIpc) is 2.47. The highest BCUT2D eigenvalue weighted by molar-refractivity contribution is 9.10. The van der Waals surface area contributed by atoms with E-state index in [9.17, 15) is 9.59 Å². The Labute approximate surface area is 87.6 Å². The van der Waals surface area contributed by atoms with Gasteiger partial charge in [0.15, 0.2) is 0 Å². The molecule has 1 fully saturated rings. The molecule has 2 rings (SSSR count). The molecule has 1 aliphatic rings. The van der Waals surface area contributed by atoms with Gasteiger partial charge in [0.25, 0.3) is 0 Å². The highest BCUT2D eigenvalue weighted by Crippen LogP contribution is 2.24. The quantitative estimate of drug-likeness (QED) is 0.549. The largest absolute Gasteiger partial charge is 0.393 e. The lowest BCUT2D eigenvalue weighted by Gasteiger charge is -2.01. The van der Waals surface area contributed by atoms with Crippen molar-refractivity contribution >= 4 is 27.9 Å². The summed E-state index contributed by atoms with van der Waals surface area (Å²) in [4.78, 5) is 29.8. The van der Waals surface area contributed by atoms with E-state index in [1.807, 2.05) is 0 Å². The van der Waals surface area contributed by atoms with Crippen molar-refractivity contribution in [2.45, 2.75) is 12.3 Å². The summed E-state index contributed by atoms with van der Waals surface area (Å²) in [5, 5.41) is 0. The molecule has 5 nitrogen and oxygen atoms in total. The van der Waals surface area contributed by atoms with Gasteiger partial charge in [-0.1, -0.05) is 0 Å². The van der Waals surface area contributed by atoms with Crippen molar-refractivity contribution in [3.63, 3.8) is 0 Å². The number of ether oxygens (including phenoxy) is 1. The Morgan fingerprint density at radius 3 is 2.50 bits per heavy atom. The van der Waals surface area contributed by atoms with Crippen LogP contribution in [0.2, 0.25) is 0 Å². The van der Waals surface area contributed by atoms with Crippen molar-refractivity contribution in [2.75, 3.05) is 0 Å². The number of halogens is 1. The number of rotatable bonds is 1. The lowest BCUT2D eigenvalue weighted by atomic mass is 10.1. The maximum Gasteiger partial charge on any atom is 0.324 e. The minimum atomic E-state index is -0.643. The molecule has 1 saturated heterocycles. The van der Waals surface area contributed by atoms with Gasteiger partial charge in [-0.25, -0.2) is 9.97 Å². The fraction of sp³-hybridized carbons (Fsp3) is 0.250. The van der Waals surface area contributed by atoms with Gasteiger partial charge < -0.3 is 4.74 Å². The van der Waals surface area contributed by atoms with E-state index in [0.29, 0.717) is 5.82 Å². The molecule has 1 aromatic rings. The zero-order valence-electron chi connectivity index (χ0n) is 6.94. The van der Waals surface area contributed by atoms with Crippen LogP contribution in [-0.4, -0.2) is 21.9 Å². The molecule has 0 saturated carbocycles. The number of hydrogen-bond acceptors (Lipinski definition) is 5. The van der Waals surface area contributed by atoms with Crippen molar-refractivity contribution in [2.24, 2.45) is 0 Å². The fourth-order valence-corrected chi connectivity index (χ4v) is 1.38. The number of aromatic nitrogens is 2. The summed E-state index contributed by atoms with van der Waals surface area (Å²) in [5.74, 6) is -1.41. The molecular weight excluding hydrogens is 252 g/mol. The number of cyclic esters (lactones) is 2. The summed E-state index contributed by atoms with van der Waals surface area (Å²) >= 11 is 3.17. The Morgan fingerprint density at radius 2 is 2.00 bits per heavy atom. The molecule has 0 N–H and O–H groups in total. The van der Waals surface area contributed by atoms with Crippen molar-refractivity contribution in [1.29, 1.82) is 0 Å². The van der Waals surface area contributed by atoms with E-state index in [0.717, 1.165) is 4.47 Å². The second-order valence-electron chi connectivity index (χ2n) is 2.81. The summed E-state index contributed by atoms with van der Waals surface area (Å²) in [6.45, 7) is 0. The van der Waals surface area contributed by atoms with Crippen LogP contribution in [0.3, 0.4) is 0 Å². The molecule has 0 aromatic carbocycles. The van der Waals surface area contributed by atoms with Gasteiger partial charge in [-0.05, 0) is 15.9 Å². The third-order valence-electron chi connectivity index (χ3n) is 1.82. The monoisotopic (exact) mass is 256 g/mol. The predicted molar refractivity (Wildman–Crippen MR) is 48.2 cm³/mol. The molecule has 72 valence electrons. The van der Waals surface area contributed by atoms with Gasteiger partial charge in [-0.2, -0.15) is 0 Å². The summed E-state index contributed by atoms with van der Waals surface area (Å²) in [7, 11) is 0. The topological polar surface area (TPSA) is 69.2 Å². The molecule has 1 unspecified atom stereocenters. The molecule has 0 aliphatic carbocycles. The Hall–Kier alpha value is -1.30. The van der Waals surface area contributed by atoms with Crippen LogP contribution < -0.4 is 0 Å². The minimum absolute atomic E-state index is 0.0282. The lowest BCUT2D eigenvalue weighted by Crippen LogP contribution is -2.09. The van der Waals surface area contributed by atoms with Gasteiger partial charge >= 0.3 is 11.9 Å². The Balaban J connectivity index is 2.27. The molecule has 6 heteroatoms. The molecule has 2 heterocycles. The molecular formula is C8H5BrN2O3. The average molecular weight is 257 g/mol. The molecule has 0 spiro atoms. The summed E-state index contributed by atoms with van der Waals surface area (Å²) in [6.07, 6.45) is 3.08. The van der Waals surface area contributed by atoms with Crippen LogP contribution in [0.1, 0.15) is 18.2 Å². The molecule has 1 aromatic heterocycles. The van der Waals surface area contributed by atoms with Crippen molar-refractivity contribution in [3.8, 4) is 0 Å². The van der Waals surface area contributed by atoms with Crippen LogP contribution in [0.15, 0.2) is 16.9 Å². The number of carbonyl (C=O) groups excluding carboxylic acids is 2. The van der Waals surface area contributed by atoms with Crippen LogP contribution in [-0.2, 0) is 14.3 Å². The van der Waals surface area contributed by atoms with Crippen LogP contribution in [0.25, 0.3) is 0 Å². The van der Waals surface area contributed by atoms with Gasteiger partial charge in [0.05, 0.1) is 10.9 Å². The van der Waals surface area contributed by atoms with Crippen molar-refractivity contribution in [1.82, 2.24) is 9.97 Å². The second kappa shape index (κ2) is 3.45. The van der Waals surface area contributed by atoms with Crippen LogP contribution >= 0.6 is 15.9 Å². The van der Waals surface area contributed by atoms with Gasteiger partial charge in [-0.3, -0.25) is 9.59 Å². The van der Waals surface area contributed by atoms with E-state index < -0.39 is 17.9 Å². The molecule has 14 heavy (non-hydrogen) atoms. The first-order valence-electron chi connectivity index (χ1n) is 3.89. The summed E-state index contributed by atoms with van der Waals surface area (Å²) < 4.78 is 5.11. The first-order chi connectivity index (χ1) is 6.66. The van der Waals surface area contributed by atoms with Crippen molar-refractivity contribution < 1.29 is 14.3 Å². The Bertz CT molecular complexity index is 390.